The number of anilines is 1. The van der Waals surface area contributed by atoms with Crippen LogP contribution in [0.4, 0.5) is 5.69 Å². The Balaban J connectivity index is 1.54. The molecule has 6 rings (SSSR count). The molecule has 0 spiro atoms. The Morgan fingerprint density at radius 2 is 1.45 bits per heavy atom. The highest BCUT2D eigenvalue weighted by molar-refractivity contribution is 5.90. The van der Waals surface area contributed by atoms with Gasteiger partial charge in [-0.3, -0.25) is 4.79 Å². The average Bonchev–Trinajstić information content (AvgIpc) is 3.39. The topological polar surface area (TPSA) is 82.9 Å². The zero-order chi connectivity index (χ0) is 30.8. The Bertz CT molecular complexity index is 1690. The summed E-state index contributed by atoms with van der Waals surface area (Å²) in [6.45, 7) is 0. The van der Waals surface area contributed by atoms with E-state index >= 15 is 0 Å². The number of carbonyl (C=O) groups is 2. The minimum atomic E-state index is -1.76. The van der Waals surface area contributed by atoms with Gasteiger partial charge >= 0.3 is 11.9 Å². The molecule has 44 heavy (non-hydrogen) atoms. The summed E-state index contributed by atoms with van der Waals surface area (Å²) in [6, 6.07) is 35.0. The molecule has 2 heterocycles. The van der Waals surface area contributed by atoms with Crippen molar-refractivity contribution in [2.45, 2.75) is 24.1 Å². The van der Waals surface area contributed by atoms with Crippen molar-refractivity contribution >= 4 is 23.7 Å². The lowest BCUT2D eigenvalue weighted by atomic mass is 9.67. The predicted molar refractivity (Wildman–Crippen MR) is 168 cm³/mol. The molecule has 7 nitrogen and oxygen atoms in total. The largest absolute Gasteiger partial charge is 0.468 e. The Morgan fingerprint density at radius 1 is 0.864 bits per heavy atom. The number of carbonyl (C=O) groups excluding carboxylic acids is 2. The molecule has 220 valence electrons. The van der Waals surface area contributed by atoms with Crippen molar-refractivity contribution in [3.05, 3.63) is 143 Å². The average molecular weight is 584 g/mol. The van der Waals surface area contributed by atoms with Gasteiger partial charge in [0.25, 0.3) is 0 Å². The summed E-state index contributed by atoms with van der Waals surface area (Å²) in [5.41, 5.74) is 3.13. The van der Waals surface area contributed by atoms with Gasteiger partial charge in [-0.25, -0.2) is 4.79 Å². The van der Waals surface area contributed by atoms with Crippen molar-refractivity contribution in [1.82, 2.24) is 4.90 Å². The zero-order valence-corrected chi connectivity index (χ0v) is 24.8. The minimum Gasteiger partial charge on any atom is -0.468 e. The molecular formula is C37H33N3O4. The number of ether oxygens (including phenoxy) is 2. The molecule has 0 radical (unpaired) electrons. The van der Waals surface area contributed by atoms with Crippen LogP contribution < -0.4 is 4.90 Å². The molecule has 0 aliphatic carbocycles. The quantitative estimate of drug-likeness (QED) is 0.238. The van der Waals surface area contributed by atoms with E-state index in [4.69, 9.17) is 9.47 Å². The number of esters is 2. The van der Waals surface area contributed by atoms with E-state index in [0.29, 0.717) is 5.56 Å². The molecule has 0 unspecified atom stereocenters. The van der Waals surface area contributed by atoms with E-state index in [1.165, 1.54) is 7.11 Å². The van der Waals surface area contributed by atoms with Crippen LogP contribution in [0, 0.1) is 16.7 Å². The fourth-order valence-electron chi connectivity index (χ4n) is 6.69. The zero-order valence-electron chi connectivity index (χ0n) is 24.8. The van der Waals surface area contributed by atoms with Crippen molar-refractivity contribution < 1.29 is 19.1 Å². The Kier molecular flexibility index (Phi) is 7.67. The van der Waals surface area contributed by atoms with Gasteiger partial charge in [0, 0.05) is 31.9 Å². The van der Waals surface area contributed by atoms with Crippen LogP contribution in [-0.4, -0.2) is 44.1 Å². The monoisotopic (exact) mass is 583 g/mol. The summed E-state index contributed by atoms with van der Waals surface area (Å²) in [4.78, 5) is 32.4. The molecule has 4 aromatic rings. The highest BCUT2D eigenvalue weighted by Crippen LogP contribution is 2.60. The molecule has 1 fully saturated rings. The van der Waals surface area contributed by atoms with E-state index in [1.54, 1.807) is 0 Å². The lowest BCUT2D eigenvalue weighted by molar-refractivity contribution is -0.153. The molecule has 2 aliphatic rings. The van der Waals surface area contributed by atoms with Gasteiger partial charge in [-0.15, -0.1) is 0 Å². The normalized spacial score (nSPS) is 21.6. The lowest BCUT2D eigenvalue weighted by Gasteiger charge is -2.36. The number of hydrogen-bond donors (Lipinski definition) is 0. The third kappa shape index (κ3) is 4.69. The fraction of sp³-hybridized carbons (Fsp3) is 0.216. The van der Waals surface area contributed by atoms with Gasteiger partial charge in [0.2, 0.25) is 0 Å². The summed E-state index contributed by atoms with van der Waals surface area (Å²) in [5.74, 6) is -2.14. The fourth-order valence-corrected chi connectivity index (χ4v) is 6.69. The first kappa shape index (κ1) is 28.8. The third-order valence-electron chi connectivity index (χ3n) is 8.73. The van der Waals surface area contributed by atoms with Crippen molar-refractivity contribution in [2.75, 3.05) is 26.1 Å². The first-order chi connectivity index (χ1) is 21.4. The van der Waals surface area contributed by atoms with E-state index in [2.05, 4.69) is 6.07 Å². The SMILES string of the molecule is COC(=O)[C@@]1(C#N)[C@@H](c2ccc(N(C)C)cc2)[C@@H](C(=O)OC(c2ccccc2)c2ccccc2)N2C=Cc3ccccc3[C@@H]21. The number of rotatable bonds is 7. The molecule has 4 aromatic carbocycles. The van der Waals surface area contributed by atoms with Crippen LogP contribution in [0.15, 0.2) is 115 Å². The van der Waals surface area contributed by atoms with Crippen molar-refractivity contribution in [1.29, 1.82) is 5.26 Å². The van der Waals surface area contributed by atoms with Crippen molar-refractivity contribution in [2.24, 2.45) is 5.41 Å². The van der Waals surface area contributed by atoms with E-state index in [1.807, 2.05) is 145 Å². The molecule has 4 atom stereocenters. The number of hydrogen-bond acceptors (Lipinski definition) is 7. The van der Waals surface area contributed by atoms with Crippen LogP contribution in [0.3, 0.4) is 0 Å². The third-order valence-corrected chi connectivity index (χ3v) is 8.73. The van der Waals surface area contributed by atoms with E-state index in [9.17, 15) is 14.9 Å². The number of fused-ring (bicyclic) bond motifs is 3. The number of nitrogens with zero attached hydrogens (tertiary/aromatic N) is 3. The smallest absolute Gasteiger partial charge is 0.330 e. The number of benzene rings is 4. The Labute approximate surface area is 257 Å². The van der Waals surface area contributed by atoms with E-state index in [0.717, 1.165) is 27.9 Å². The van der Waals surface area contributed by atoms with Gasteiger partial charge in [0.1, 0.15) is 6.04 Å². The molecule has 0 aromatic heterocycles. The van der Waals surface area contributed by atoms with Gasteiger partial charge in [0.05, 0.1) is 19.2 Å². The molecule has 0 N–H and O–H groups in total. The molecule has 2 aliphatic heterocycles. The van der Waals surface area contributed by atoms with Crippen molar-refractivity contribution in [3.8, 4) is 6.07 Å². The van der Waals surface area contributed by atoms with Crippen LogP contribution in [0.5, 0.6) is 0 Å². The molecule has 0 amide bonds. The van der Waals surface area contributed by atoms with Gasteiger partial charge < -0.3 is 19.3 Å². The number of nitriles is 1. The predicted octanol–water partition coefficient (Wildman–Crippen LogP) is 6.26. The maximum atomic E-state index is 14.7. The first-order valence-electron chi connectivity index (χ1n) is 14.5. The highest BCUT2D eigenvalue weighted by Gasteiger charge is 2.68. The second-order valence-corrected chi connectivity index (χ2v) is 11.3. The molecule has 7 heteroatoms. The standard InChI is InChI=1S/C37H33N3O4/c1-39(2)29-20-18-26(19-21-29)31-32(35(41)44-33(27-13-6-4-7-14-27)28-15-8-5-9-16-28)40-23-22-25-12-10-11-17-30(25)34(40)37(31,24-38)36(42)43-3/h4-23,31-34H,1-3H3/t31-,32-,34+,37-/m0/s1. The summed E-state index contributed by atoms with van der Waals surface area (Å²) in [5, 5.41) is 11.0. The highest BCUT2D eigenvalue weighted by atomic mass is 16.5. The van der Waals surface area contributed by atoms with Crippen LogP contribution in [-0.2, 0) is 19.1 Å². The van der Waals surface area contributed by atoms with Crippen molar-refractivity contribution in [3.63, 3.8) is 0 Å². The van der Waals surface area contributed by atoms with Crippen LogP contribution in [0.2, 0.25) is 0 Å². The van der Waals surface area contributed by atoms with Crippen LogP contribution in [0.1, 0.15) is 45.9 Å². The van der Waals surface area contributed by atoms with E-state index < -0.39 is 41.5 Å². The Hall–Kier alpha value is -5.35. The minimum absolute atomic E-state index is 0.542. The Morgan fingerprint density at radius 3 is 2.02 bits per heavy atom. The summed E-state index contributed by atoms with van der Waals surface area (Å²) in [6.07, 6.45) is 3.02. The molecule has 1 saturated heterocycles. The first-order valence-corrected chi connectivity index (χ1v) is 14.5. The van der Waals surface area contributed by atoms with Gasteiger partial charge in [-0.1, -0.05) is 97.1 Å². The second-order valence-electron chi connectivity index (χ2n) is 11.3. The summed E-state index contributed by atoms with van der Waals surface area (Å²) < 4.78 is 11.8. The second kappa shape index (κ2) is 11.7. The van der Waals surface area contributed by atoms with Gasteiger partial charge in [-0.05, 0) is 46.0 Å². The lowest BCUT2D eigenvalue weighted by Crippen LogP contribution is -2.41. The van der Waals surface area contributed by atoms with Crippen LogP contribution in [0.25, 0.3) is 6.08 Å². The molecule has 0 saturated carbocycles. The molecule has 0 bridgehead atoms. The van der Waals surface area contributed by atoms with E-state index in [-0.39, 0.29) is 0 Å². The molecular weight excluding hydrogens is 550 g/mol. The maximum Gasteiger partial charge on any atom is 0.330 e. The van der Waals surface area contributed by atoms with Crippen LogP contribution >= 0.6 is 0 Å². The summed E-state index contributed by atoms with van der Waals surface area (Å²) in [7, 11) is 5.16. The van der Waals surface area contributed by atoms with Gasteiger partial charge in [-0.2, -0.15) is 5.26 Å². The summed E-state index contributed by atoms with van der Waals surface area (Å²) >= 11 is 0. The maximum absolute atomic E-state index is 14.7. The number of methoxy groups -OCH3 is 1. The van der Waals surface area contributed by atoms with Gasteiger partial charge in [0.15, 0.2) is 11.5 Å².